The van der Waals surface area contributed by atoms with E-state index in [-0.39, 0.29) is 23.5 Å². The van der Waals surface area contributed by atoms with E-state index in [0.29, 0.717) is 42.8 Å². The van der Waals surface area contributed by atoms with Crippen LogP contribution in [0.15, 0.2) is 29.1 Å². The number of carbonyl (C=O) groups is 2. The van der Waals surface area contributed by atoms with Crippen molar-refractivity contribution in [3.05, 3.63) is 40.4 Å². The Morgan fingerprint density at radius 3 is 2.59 bits per heavy atom. The van der Waals surface area contributed by atoms with Gasteiger partial charge in [-0.2, -0.15) is 0 Å². The Morgan fingerprint density at radius 1 is 1.21 bits per heavy atom. The number of nitrogens with one attached hydrogen (secondary N) is 2. The van der Waals surface area contributed by atoms with Crippen LogP contribution in [0.25, 0.3) is 10.9 Å². The second-order valence-corrected chi connectivity index (χ2v) is 8.12. The van der Waals surface area contributed by atoms with Gasteiger partial charge in [0, 0.05) is 19.1 Å². The molecule has 1 aliphatic heterocycles. The van der Waals surface area contributed by atoms with E-state index >= 15 is 0 Å². The first-order chi connectivity index (χ1) is 13.7. The average molecular weight is 399 g/mol. The molecular formula is C21H29N5O3. The third-order valence-corrected chi connectivity index (χ3v) is 5.50. The third kappa shape index (κ3) is 4.48. The molecule has 2 heterocycles. The van der Waals surface area contributed by atoms with E-state index in [4.69, 9.17) is 0 Å². The maximum absolute atomic E-state index is 12.3. The first kappa shape index (κ1) is 21.0. The van der Waals surface area contributed by atoms with Crippen molar-refractivity contribution in [2.24, 2.45) is 0 Å². The summed E-state index contributed by atoms with van der Waals surface area (Å²) in [6.07, 6.45) is 1.59. The van der Waals surface area contributed by atoms with Crippen LogP contribution >= 0.6 is 0 Å². The Bertz CT molecular complexity index is 968. The third-order valence-electron chi connectivity index (χ3n) is 5.50. The number of aromatic nitrogens is 2. The second kappa shape index (κ2) is 8.32. The van der Waals surface area contributed by atoms with Crippen molar-refractivity contribution >= 4 is 22.8 Å². The molecule has 1 fully saturated rings. The fourth-order valence-corrected chi connectivity index (χ4v) is 3.57. The largest absolute Gasteiger partial charge is 0.325 e. The average Bonchev–Trinajstić information content (AvgIpc) is 2.88. The van der Waals surface area contributed by atoms with E-state index in [2.05, 4.69) is 34.0 Å². The Kier molecular flexibility index (Phi) is 6.02. The van der Waals surface area contributed by atoms with Crippen molar-refractivity contribution in [1.29, 1.82) is 0 Å². The Morgan fingerprint density at radius 2 is 1.93 bits per heavy atom. The molecule has 0 radical (unpaired) electrons. The van der Waals surface area contributed by atoms with E-state index in [1.807, 2.05) is 18.2 Å². The molecule has 0 spiro atoms. The minimum atomic E-state index is -0.845. The number of amides is 3. The molecule has 156 valence electrons. The van der Waals surface area contributed by atoms with Crippen molar-refractivity contribution in [3.63, 3.8) is 0 Å². The van der Waals surface area contributed by atoms with E-state index in [1.54, 1.807) is 19.9 Å². The van der Waals surface area contributed by atoms with Crippen molar-refractivity contribution in [3.8, 4) is 0 Å². The molecule has 29 heavy (non-hydrogen) atoms. The summed E-state index contributed by atoms with van der Waals surface area (Å²) in [6.45, 7) is 9.19. The summed E-state index contributed by atoms with van der Waals surface area (Å²) in [5, 5.41) is 3.28. The van der Waals surface area contributed by atoms with Gasteiger partial charge in [-0.1, -0.05) is 19.1 Å². The molecule has 1 aromatic carbocycles. The lowest BCUT2D eigenvalue weighted by atomic mass is 10.1. The normalized spacial score (nSPS) is 17.2. The number of para-hydroxylation sites is 1. The topological polar surface area (TPSA) is 98.4 Å². The predicted molar refractivity (Wildman–Crippen MR) is 111 cm³/mol. The zero-order valence-electron chi connectivity index (χ0n) is 17.5. The minimum Gasteiger partial charge on any atom is -0.324 e. The number of nitrogens with zero attached hydrogens (tertiary/aromatic N) is 3. The molecule has 8 nitrogen and oxygen atoms in total. The smallest absolute Gasteiger partial charge is 0.324 e. The SMILES string of the molecule is CCC(C)N(CCCN1C(=O)NC(C)(C)C1=O)Cc1nc2ccccc2c(=O)[nH]1. The molecule has 2 N–H and O–H groups in total. The predicted octanol–water partition coefficient (Wildman–Crippen LogP) is 2.24. The molecule has 0 bridgehead atoms. The summed E-state index contributed by atoms with van der Waals surface area (Å²) in [5.74, 6) is 0.420. The fraction of sp³-hybridized carbons (Fsp3) is 0.524. The van der Waals surface area contributed by atoms with Crippen LogP contribution in [0.5, 0.6) is 0 Å². The molecule has 2 aromatic rings. The number of imide groups is 1. The van der Waals surface area contributed by atoms with Crippen LogP contribution in [0, 0.1) is 0 Å². The lowest BCUT2D eigenvalue weighted by Gasteiger charge is -2.28. The molecule has 3 amide bonds. The summed E-state index contributed by atoms with van der Waals surface area (Å²) in [4.78, 5) is 47.7. The maximum Gasteiger partial charge on any atom is 0.325 e. The van der Waals surface area contributed by atoms with E-state index in [1.165, 1.54) is 4.90 Å². The van der Waals surface area contributed by atoms with Gasteiger partial charge in [0.15, 0.2) is 0 Å². The Balaban J connectivity index is 1.69. The van der Waals surface area contributed by atoms with Crippen molar-refractivity contribution in [1.82, 2.24) is 25.1 Å². The van der Waals surface area contributed by atoms with Crippen LogP contribution in [0.4, 0.5) is 4.79 Å². The van der Waals surface area contributed by atoms with Crippen molar-refractivity contribution < 1.29 is 9.59 Å². The van der Waals surface area contributed by atoms with Gasteiger partial charge in [-0.25, -0.2) is 9.78 Å². The van der Waals surface area contributed by atoms with Crippen molar-refractivity contribution in [2.75, 3.05) is 13.1 Å². The Hall–Kier alpha value is -2.74. The number of hydrogen-bond acceptors (Lipinski definition) is 5. The standard InChI is InChI=1S/C21H29N5O3/c1-5-14(2)25(11-8-12-26-19(28)21(3,4)24-20(26)29)13-17-22-16-10-7-6-9-15(16)18(27)23-17/h6-7,9-10,14H,5,8,11-13H2,1-4H3,(H,24,29)(H,22,23,27). The lowest BCUT2D eigenvalue weighted by molar-refractivity contribution is -0.130. The summed E-state index contributed by atoms with van der Waals surface area (Å²) in [7, 11) is 0. The van der Waals surface area contributed by atoms with Crippen LogP contribution in [0.3, 0.4) is 0 Å². The fourth-order valence-electron chi connectivity index (χ4n) is 3.57. The van der Waals surface area contributed by atoms with Gasteiger partial charge in [0.25, 0.3) is 11.5 Å². The number of hydrogen-bond donors (Lipinski definition) is 2. The van der Waals surface area contributed by atoms with Gasteiger partial charge in [0.2, 0.25) is 0 Å². The maximum atomic E-state index is 12.3. The molecule has 1 unspecified atom stereocenters. The van der Waals surface area contributed by atoms with Gasteiger partial charge >= 0.3 is 6.03 Å². The monoisotopic (exact) mass is 399 g/mol. The molecule has 1 aromatic heterocycles. The van der Waals surface area contributed by atoms with Gasteiger partial charge < -0.3 is 10.3 Å². The second-order valence-electron chi connectivity index (χ2n) is 8.12. The first-order valence-electron chi connectivity index (χ1n) is 10.1. The lowest BCUT2D eigenvalue weighted by Crippen LogP contribution is -2.41. The van der Waals surface area contributed by atoms with Crippen LogP contribution < -0.4 is 10.9 Å². The number of aromatic amines is 1. The quantitative estimate of drug-likeness (QED) is 0.664. The van der Waals surface area contributed by atoms with Crippen LogP contribution in [0.1, 0.15) is 46.4 Å². The van der Waals surface area contributed by atoms with E-state index < -0.39 is 5.54 Å². The van der Waals surface area contributed by atoms with Crippen LogP contribution in [-0.4, -0.2) is 56.4 Å². The van der Waals surface area contributed by atoms with Crippen molar-refractivity contribution in [2.45, 2.75) is 58.7 Å². The van der Waals surface area contributed by atoms with E-state index in [9.17, 15) is 14.4 Å². The molecule has 3 rings (SSSR count). The van der Waals surface area contributed by atoms with Gasteiger partial charge in [0.1, 0.15) is 11.4 Å². The van der Waals surface area contributed by atoms with Crippen LogP contribution in [0.2, 0.25) is 0 Å². The highest BCUT2D eigenvalue weighted by molar-refractivity contribution is 6.06. The van der Waals surface area contributed by atoms with Crippen LogP contribution in [-0.2, 0) is 11.3 Å². The summed E-state index contributed by atoms with van der Waals surface area (Å²) in [6, 6.07) is 7.21. The summed E-state index contributed by atoms with van der Waals surface area (Å²) < 4.78 is 0. The highest BCUT2D eigenvalue weighted by Gasteiger charge is 2.43. The molecule has 1 aliphatic rings. The van der Waals surface area contributed by atoms with Gasteiger partial charge in [-0.15, -0.1) is 0 Å². The number of benzene rings is 1. The summed E-state index contributed by atoms with van der Waals surface area (Å²) in [5.41, 5.74) is -0.310. The number of rotatable bonds is 8. The Labute approximate surface area is 170 Å². The van der Waals surface area contributed by atoms with Gasteiger partial charge in [-0.3, -0.25) is 19.4 Å². The minimum absolute atomic E-state index is 0.142. The number of fused-ring (bicyclic) bond motifs is 1. The summed E-state index contributed by atoms with van der Waals surface area (Å²) >= 11 is 0. The molecule has 1 saturated heterocycles. The van der Waals surface area contributed by atoms with Gasteiger partial charge in [0.05, 0.1) is 17.4 Å². The highest BCUT2D eigenvalue weighted by Crippen LogP contribution is 2.17. The highest BCUT2D eigenvalue weighted by atomic mass is 16.2. The molecule has 0 saturated carbocycles. The zero-order valence-corrected chi connectivity index (χ0v) is 17.5. The zero-order chi connectivity index (χ0) is 21.2. The van der Waals surface area contributed by atoms with Gasteiger partial charge in [-0.05, 0) is 45.7 Å². The first-order valence-corrected chi connectivity index (χ1v) is 10.1. The number of H-pyrrole nitrogens is 1. The molecule has 1 atom stereocenters. The molecular weight excluding hydrogens is 370 g/mol. The number of carbonyl (C=O) groups excluding carboxylic acids is 2. The molecule has 0 aliphatic carbocycles. The van der Waals surface area contributed by atoms with E-state index in [0.717, 1.165) is 6.42 Å². The number of urea groups is 1. The molecule has 8 heteroatoms.